The monoisotopic (exact) mass is 278 g/mol. The summed E-state index contributed by atoms with van der Waals surface area (Å²) in [5.41, 5.74) is 0.816. The van der Waals surface area contributed by atoms with Crippen molar-refractivity contribution in [3.63, 3.8) is 0 Å². The minimum atomic E-state index is -0.342. The van der Waals surface area contributed by atoms with Gasteiger partial charge in [0.1, 0.15) is 0 Å². The van der Waals surface area contributed by atoms with Crippen molar-refractivity contribution in [2.45, 2.75) is 32.7 Å². The molecule has 0 amide bonds. The molecule has 3 heteroatoms. The highest BCUT2D eigenvalue weighted by Crippen LogP contribution is 2.24. The van der Waals surface area contributed by atoms with Gasteiger partial charge in [0.25, 0.3) is 0 Å². The summed E-state index contributed by atoms with van der Waals surface area (Å²) in [5, 5.41) is 13.3. The summed E-state index contributed by atoms with van der Waals surface area (Å²) >= 11 is 0. The molecular formula is C17H30N2O. The average molecular weight is 278 g/mol. The highest BCUT2D eigenvalue weighted by atomic mass is 16.3. The van der Waals surface area contributed by atoms with Crippen LogP contribution in [0.1, 0.15) is 32.8 Å². The summed E-state index contributed by atoms with van der Waals surface area (Å²) in [6, 6.07) is 10.3. The summed E-state index contributed by atoms with van der Waals surface area (Å²) in [5.74, 6) is 0.671. The minimum absolute atomic E-state index is 0.118. The molecular weight excluding hydrogens is 248 g/mol. The molecule has 0 fully saturated rings. The van der Waals surface area contributed by atoms with E-state index in [1.54, 1.807) is 0 Å². The van der Waals surface area contributed by atoms with Gasteiger partial charge < -0.3 is 15.3 Å². The van der Waals surface area contributed by atoms with Crippen LogP contribution in [0.15, 0.2) is 30.3 Å². The second-order valence-corrected chi connectivity index (χ2v) is 5.89. The molecule has 3 nitrogen and oxygen atoms in total. The van der Waals surface area contributed by atoms with Crippen LogP contribution in [0, 0.1) is 5.92 Å². The van der Waals surface area contributed by atoms with Crippen molar-refractivity contribution < 1.29 is 5.11 Å². The number of benzene rings is 1. The Labute approximate surface area is 124 Å². The van der Waals surface area contributed by atoms with E-state index in [2.05, 4.69) is 43.1 Å². The lowest BCUT2D eigenvalue weighted by molar-refractivity contribution is 0.136. The fraction of sp³-hybridized carbons (Fsp3) is 0.647. The van der Waals surface area contributed by atoms with Crippen LogP contribution in [-0.4, -0.2) is 43.3 Å². The van der Waals surface area contributed by atoms with Crippen molar-refractivity contribution in [3.05, 3.63) is 35.9 Å². The number of nitrogens with zero attached hydrogens (tertiary/aromatic N) is 1. The van der Waals surface area contributed by atoms with Gasteiger partial charge in [-0.2, -0.15) is 0 Å². The summed E-state index contributed by atoms with van der Waals surface area (Å²) < 4.78 is 0. The standard InChI is InChI=1S/C17H30N2O/c1-5-19(13-15(2)3)12-11-17(14-20,18-4)16-9-7-6-8-10-16/h6-10,15,18,20H,5,11-14H2,1-4H3. The van der Waals surface area contributed by atoms with E-state index < -0.39 is 0 Å². The van der Waals surface area contributed by atoms with E-state index >= 15 is 0 Å². The van der Waals surface area contributed by atoms with Gasteiger partial charge in [0.2, 0.25) is 0 Å². The third-order valence-corrected chi connectivity index (χ3v) is 4.00. The van der Waals surface area contributed by atoms with Gasteiger partial charge in [0.05, 0.1) is 12.1 Å². The first-order valence-corrected chi connectivity index (χ1v) is 7.65. The number of nitrogens with one attached hydrogen (secondary N) is 1. The number of aliphatic hydroxyl groups excluding tert-OH is 1. The molecule has 114 valence electrons. The van der Waals surface area contributed by atoms with Crippen molar-refractivity contribution in [2.24, 2.45) is 5.92 Å². The van der Waals surface area contributed by atoms with Gasteiger partial charge in [-0.1, -0.05) is 51.1 Å². The predicted octanol–water partition coefficient (Wildman–Crippen LogP) is 2.46. The van der Waals surface area contributed by atoms with Crippen LogP contribution < -0.4 is 5.32 Å². The Morgan fingerprint density at radius 2 is 1.90 bits per heavy atom. The van der Waals surface area contributed by atoms with E-state index in [1.165, 1.54) is 0 Å². The normalized spacial score (nSPS) is 14.8. The van der Waals surface area contributed by atoms with E-state index in [0.29, 0.717) is 5.92 Å². The molecule has 20 heavy (non-hydrogen) atoms. The highest BCUT2D eigenvalue weighted by Gasteiger charge is 2.29. The molecule has 0 saturated carbocycles. The molecule has 0 saturated heterocycles. The van der Waals surface area contributed by atoms with Crippen molar-refractivity contribution in [1.29, 1.82) is 0 Å². The van der Waals surface area contributed by atoms with Crippen LogP contribution >= 0.6 is 0 Å². The second-order valence-electron chi connectivity index (χ2n) is 5.89. The molecule has 0 spiro atoms. The lowest BCUT2D eigenvalue weighted by Gasteiger charge is -2.35. The third kappa shape index (κ3) is 4.58. The summed E-state index contributed by atoms with van der Waals surface area (Å²) in [6.07, 6.45) is 0.907. The molecule has 1 aromatic rings. The van der Waals surface area contributed by atoms with Crippen LogP contribution in [0.2, 0.25) is 0 Å². The van der Waals surface area contributed by atoms with Crippen LogP contribution in [0.3, 0.4) is 0 Å². The molecule has 1 aromatic carbocycles. The van der Waals surface area contributed by atoms with Crippen LogP contribution in [0.4, 0.5) is 0 Å². The Bertz CT molecular complexity index is 361. The number of likely N-dealkylation sites (N-methyl/N-ethyl adjacent to an activating group) is 1. The molecule has 0 heterocycles. The third-order valence-electron chi connectivity index (χ3n) is 4.00. The second kappa shape index (κ2) is 8.40. The fourth-order valence-corrected chi connectivity index (χ4v) is 2.66. The lowest BCUT2D eigenvalue weighted by atomic mass is 9.87. The zero-order valence-corrected chi connectivity index (χ0v) is 13.4. The van der Waals surface area contributed by atoms with Crippen LogP contribution in [0.5, 0.6) is 0 Å². The van der Waals surface area contributed by atoms with E-state index in [9.17, 15) is 5.11 Å². The Morgan fingerprint density at radius 3 is 2.35 bits per heavy atom. The van der Waals surface area contributed by atoms with Crippen LogP contribution in [-0.2, 0) is 5.54 Å². The molecule has 1 rings (SSSR count). The van der Waals surface area contributed by atoms with E-state index in [0.717, 1.165) is 31.6 Å². The fourth-order valence-electron chi connectivity index (χ4n) is 2.66. The lowest BCUT2D eigenvalue weighted by Crippen LogP contribution is -2.46. The zero-order valence-electron chi connectivity index (χ0n) is 13.4. The minimum Gasteiger partial charge on any atom is -0.394 e. The molecule has 0 aliphatic carbocycles. The van der Waals surface area contributed by atoms with Gasteiger partial charge in [0, 0.05) is 13.1 Å². The van der Waals surface area contributed by atoms with Gasteiger partial charge in [-0.15, -0.1) is 0 Å². The van der Waals surface area contributed by atoms with E-state index in [-0.39, 0.29) is 12.1 Å². The maximum Gasteiger partial charge on any atom is 0.0678 e. The van der Waals surface area contributed by atoms with Gasteiger partial charge in [-0.25, -0.2) is 0 Å². The van der Waals surface area contributed by atoms with Crippen molar-refractivity contribution in [2.75, 3.05) is 33.3 Å². The quantitative estimate of drug-likeness (QED) is 0.728. The van der Waals surface area contributed by atoms with Crippen LogP contribution in [0.25, 0.3) is 0 Å². The smallest absolute Gasteiger partial charge is 0.0678 e. The summed E-state index contributed by atoms with van der Waals surface area (Å²) in [7, 11) is 1.93. The average Bonchev–Trinajstić information content (AvgIpc) is 2.48. The molecule has 2 N–H and O–H groups in total. The maximum absolute atomic E-state index is 9.92. The maximum atomic E-state index is 9.92. The highest BCUT2D eigenvalue weighted by molar-refractivity contribution is 5.24. The molecule has 0 aromatic heterocycles. The number of hydrogen-bond acceptors (Lipinski definition) is 3. The molecule has 0 aliphatic heterocycles. The Kier molecular flexibility index (Phi) is 7.20. The molecule has 1 atom stereocenters. The van der Waals surface area contributed by atoms with Gasteiger partial charge in [-0.05, 0) is 31.5 Å². The largest absolute Gasteiger partial charge is 0.394 e. The Balaban J connectivity index is 2.77. The molecule has 0 bridgehead atoms. The Morgan fingerprint density at radius 1 is 1.25 bits per heavy atom. The first-order valence-electron chi connectivity index (χ1n) is 7.65. The number of aliphatic hydroxyl groups is 1. The van der Waals surface area contributed by atoms with Crippen molar-refractivity contribution in [1.82, 2.24) is 10.2 Å². The van der Waals surface area contributed by atoms with E-state index in [1.807, 2.05) is 25.2 Å². The number of hydrogen-bond donors (Lipinski definition) is 2. The van der Waals surface area contributed by atoms with Crippen molar-refractivity contribution in [3.8, 4) is 0 Å². The van der Waals surface area contributed by atoms with Crippen molar-refractivity contribution >= 4 is 0 Å². The molecule has 0 aliphatic rings. The molecule has 0 radical (unpaired) electrons. The van der Waals surface area contributed by atoms with Gasteiger partial charge in [0.15, 0.2) is 0 Å². The summed E-state index contributed by atoms with van der Waals surface area (Å²) in [6.45, 7) is 9.96. The summed E-state index contributed by atoms with van der Waals surface area (Å²) in [4.78, 5) is 2.45. The predicted molar refractivity (Wildman–Crippen MR) is 85.8 cm³/mol. The first kappa shape index (κ1) is 17.2. The molecule has 1 unspecified atom stereocenters. The zero-order chi connectivity index (χ0) is 15.0. The van der Waals surface area contributed by atoms with Gasteiger partial charge >= 0.3 is 0 Å². The van der Waals surface area contributed by atoms with E-state index in [4.69, 9.17) is 0 Å². The SMILES string of the molecule is CCN(CCC(CO)(NC)c1ccccc1)CC(C)C. The van der Waals surface area contributed by atoms with Gasteiger partial charge in [-0.3, -0.25) is 0 Å². The first-order chi connectivity index (χ1) is 9.57. The Hall–Kier alpha value is -0.900. The topological polar surface area (TPSA) is 35.5 Å². The number of rotatable bonds is 9.